The van der Waals surface area contributed by atoms with Crippen molar-refractivity contribution in [1.29, 1.82) is 0 Å². The van der Waals surface area contributed by atoms with Crippen molar-refractivity contribution in [1.82, 2.24) is 20.6 Å². The summed E-state index contributed by atoms with van der Waals surface area (Å²) < 4.78 is 0. The molecule has 2 aromatic heterocycles. The minimum Gasteiger partial charge on any atom is -0.361 e. The second-order valence-electron chi connectivity index (χ2n) is 6.54. The van der Waals surface area contributed by atoms with Crippen LogP contribution in [-0.2, 0) is 6.42 Å². The van der Waals surface area contributed by atoms with Gasteiger partial charge in [0, 0.05) is 41.4 Å². The molecule has 2 heterocycles. The molecule has 0 unspecified atom stereocenters. The zero-order valence-electron chi connectivity index (χ0n) is 14.3. The monoisotopic (exact) mass is 348 g/mol. The minimum absolute atomic E-state index is 0.201. The average Bonchev–Trinajstić information content (AvgIpc) is 3.39. The van der Waals surface area contributed by atoms with Gasteiger partial charge in [0.1, 0.15) is 5.69 Å². The van der Waals surface area contributed by atoms with Gasteiger partial charge in [-0.05, 0) is 43.0 Å². The molecule has 3 aromatic rings. The van der Waals surface area contributed by atoms with Crippen molar-refractivity contribution in [3.8, 4) is 0 Å². The summed E-state index contributed by atoms with van der Waals surface area (Å²) in [6.45, 7) is 0.520. The second-order valence-corrected chi connectivity index (χ2v) is 6.54. The highest BCUT2D eigenvalue weighted by atomic mass is 16.2. The molecular formula is C20H20N4O2. The fraction of sp³-hybridized carbons (Fsp3) is 0.250. The molecule has 0 saturated heterocycles. The first-order valence-electron chi connectivity index (χ1n) is 8.81. The lowest BCUT2D eigenvalue weighted by molar-refractivity contribution is 0.0946. The first-order valence-corrected chi connectivity index (χ1v) is 8.81. The quantitative estimate of drug-likeness (QED) is 0.639. The molecule has 0 atom stereocenters. The van der Waals surface area contributed by atoms with Crippen LogP contribution in [0.1, 0.15) is 39.3 Å². The highest BCUT2D eigenvalue weighted by Gasteiger charge is 2.24. The van der Waals surface area contributed by atoms with Crippen molar-refractivity contribution in [3.63, 3.8) is 0 Å². The smallest absolute Gasteiger partial charge is 0.270 e. The molecule has 1 saturated carbocycles. The van der Waals surface area contributed by atoms with E-state index in [9.17, 15) is 9.59 Å². The molecule has 0 bridgehead atoms. The Kier molecular flexibility index (Phi) is 4.39. The lowest BCUT2D eigenvalue weighted by Gasteiger charge is -2.07. The highest BCUT2D eigenvalue weighted by molar-refractivity contribution is 5.98. The number of hydrogen-bond acceptors (Lipinski definition) is 3. The van der Waals surface area contributed by atoms with E-state index in [0.717, 1.165) is 24.8 Å². The van der Waals surface area contributed by atoms with Gasteiger partial charge < -0.3 is 15.6 Å². The van der Waals surface area contributed by atoms with Gasteiger partial charge in [0.25, 0.3) is 11.8 Å². The molecule has 4 rings (SSSR count). The summed E-state index contributed by atoms with van der Waals surface area (Å²) >= 11 is 0. The third-order valence-electron chi connectivity index (χ3n) is 4.52. The number of carbonyl (C=O) groups is 2. The number of para-hydroxylation sites is 1. The van der Waals surface area contributed by atoms with Crippen LogP contribution in [0.2, 0.25) is 0 Å². The van der Waals surface area contributed by atoms with Crippen LogP contribution in [0.3, 0.4) is 0 Å². The molecule has 6 heteroatoms. The zero-order chi connectivity index (χ0) is 17.9. The van der Waals surface area contributed by atoms with Crippen LogP contribution in [-0.4, -0.2) is 34.4 Å². The average molecular weight is 348 g/mol. The van der Waals surface area contributed by atoms with Crippen molar-refractivity contribution in [3.05, 3.63) is 65.6 Å². The molecule has 0 aliphatic heterocycles. The van der Waals surface area contributed by atoms with Gasteiger partial charge in [-0.3, -0.25) is 14.6 Å². The van der Waals surface area contributed by atoms with E-state index in [2.05, 4.69) is 26.7 Å². The zero-order valence-corrected chi connectivity index (χ0v) is 14.3. The summed E-state index contributed by atoms with van der Waals surface area (Å²) in [5.41, 5.74) is 2.98. The number of hydrogen-bond donors (Lipinski definition) is 3. The van der Waals surface area contributed by atoms with Crippen LogP contribution in [0.25, 0.3) is 10.9 Å². The summed E-state index contributed by atoms with van der Waals surface area (Å²) in [7, 11) is 0. The first kappa shape index (κ1) is 16.3. The number of pyridine rings is 1. The van der Waals surface area contributed by atoms with E-state index in [0.29, 0.717) is 12.1 Å². The van der Waals surface area contributed by atoms with Crippen LogP contribution in [0.5, 0.6) is 0 Å². The molecular weight excluding hydrogens is 328 g/mol. The van der Waals surface area contributed by atoms with E-state index in [1.807, 2.05) is 24.4 Å². The third kappa shape index (κ3) is 3.59. The Balaban J connectivity index is 1.36. The van der Waals surface area contributed by atoms with E-state index >= 15 is 0 Å². The van der Waals surface area contributed by atoms with E-state index in [-0.39, 0.29) is 23.6 Å². The fourth-order valence-electron chi connectivity index (χ4n) is 2.93. The maximum Gasteiger partial charge on any atom is 0.270 e. The number of amides is 2. The van der Waals surface area contributed by atoms with Gasteiger partial charge >= 0.3 is 0 Å². The third-order valence-corrected chi connectivity index (χ3v) is 4.52. The van der Waals surface area contributed by atoms with Crippen molar-refractivity contribution in [2.24, 2.45) is 0 Å². The molecule has 1 fully saturated rings. The molecule has 1 aromatic carbocycles. The first-order chi connectivity index (χ1) is 12.7. The molecule has 1 aliphatic carbocycles. The summed E-state index contributed by atoms with van der Waals surface area (Å²) in [5, 5.41) is 6.96. The van der Waals surface area contributed by atoms with Crippen LogP contribution in [0, 0.1) is 0 Å². The number of nitrogens with zero attached hydrogens (tertiary/aromatic N) is 1. The Bertz CT molecular complexity index is 959. The van der Waals surface area contributed by atoms with Crippen molar-refractivity contribution in [2.45, 2.75) is 25.3 Å². The Morgan fingerprint density at radius 3 is 2.85 bits per heavy atom. The maximum absolute atomic E-state index is 12.4. The van der Waals surface area contributed by atoms with Crippen molar-refractivity contribution < 1.29 is 9.59 Å². The lowest BCUT2D eigenvalue weighted by atomic mass is 10.1. The predicted molar refractivity (Wildman–Crippen MR) is 99.1 cm³/mol. The molecule has 132 valence electrons. The number of benzene rings is 1. The fourth-order valence-corrected chi connectivity index (χ4v) is 2.93. The molecule has 26 heavy (non-hydrogen) atoms. The number of carbonyl (C=O) groups excluding carboxylic acids is 2. The number of nitrogens with one attached hydrogen (secondary N) is 3. The lowest BCUT2D eigenvalue weighted by Crippen LogP contribution is -2.28. The minimum atomic E-state index is -0.221. The van der Waals surface area contributed by atoms with Gasteiger partial charge in [0.15, 0.2) is 0 Å². The Labute approximate surface area is 151 Å². The van der Waals surface area contributed by atoms with Gasteiger partial charge in [0.2, 0.25) is 0 Å². The van der Waals surface area contributed by atoms with Gasteiger partial charge in [-0.15, -0.1) is 0 Å². The van der Waals surface area contributed by atoms with Crippen LogP contribution in [0.15, 0.2) is 48.8 Å². The van der Waals surface area contributed by atoms with Gasteiger partial charge in [0.05, 0.1) is 0 Å². The molecule has 1 aliphatic rings. The summed E-state index contributed by atoms with van der Waals surface area (Å²) in [4.78, 5) is 31.7. The van der Waals surface area contributed by atoms with Crippen molar-refractivity contribution >= 4 is 22.7 Å². The number of H-pyrrole nitrogens is 1. The SMILES string of the molecule is O=C(NCCc1c[nH]c2ccccc12)c1ccnc(C(=O)NC2CC2)c1. The number of fused-ring (bicyclic) bond motifs is 1. The topological polar surface area (TPSA) is 86.9 Å². The van der Waals surface area contributed by atoms with E-state index in [4.69, 9.17) is 0 Å². The predicted octanol–water partition coefficient (Wildman–Crippen LogP) is 2.43. The Hall–Kier alpha value is -3.15. The summed E-state index contributed by atoms with van der Waals surface area (Å²) in [6.07, 6.45) is 6.23. The second kappa shape index (κ2) is 7.00. The normalized spacial score (nSPS) is 13.5. The van der Waals surface area contributed by atoms with Gasteiger partial charge in [-0.25, -0.2) is 0 Å². The highest BCUT2D eigenvalue weighted by Crippen LogP contribution is 2.19. The maximum atomic E-state index is 12.4. The Morgan fingerprint density at radius 2 is 2.00 bits per heavy atom. The van der Waals surface area contributed by atoms with Crippen LogP contribution >= 0.6 is 0 Å². The standard InChI is InChI=1S/C20H20N4O2/c25-19(13-7-9-21-18(11-13)20(26)24-15-5-6-15)22-10-8-14-12-23-17-4-2-1-3-16(14)17/h1-4,7,9,11-12,15,23H,5-6,8,10H2,(H,22,25)(H,24,26). The molecule has 3 N–H and O–H groups in total. The van der Waals surface area contributed by atoms with Crippen LogP contribution < -0.4 is 10.6 Å². The number of rotatable bonds is 6. The number of aromatic amines is 1. The summed E-state index contributed by atoms with van der Waals surface area (Å²) in [6, 6.07) is 11.5. The molecule has 6 nitrogen and oxygen atoms in total. The number of aromatic nitrogens is 2. The van der Waals surface area contributed by atoms with Crippen molar-refractivity contribution in [2.75, 3.05) is 6.54 Å². The molecule has 0 radical (unpaired) electrons. The van der Waals surface area contributed by atoms with E-state index in [1.165, 1.54) is 17.1 Å². The Morgan fingerprint density at radius 1 is 1.15 bits per heavy atom. The van der Waals surface area contributed by atoms with Crippen LogP contribution in [0.4, 0.5) is 0 Å². The molecule has 0 spiro atoms. The summed E-state index contributed by atoms with van der Waals surface area (Å²) in [5.74, 6) is -0.423. The van der Waals surface area contributed by atoms with Gasteiger partial charge in [-0.1, -0.05) is 18.2 Å². The largest absolute Gasteiger partial charge is 0.361 e. The van der Waals surface area contributed by atoms with Gasteiger partial charge in [-0.2, -0.15) is 0 Å². The molecule has 2 amide bonds. The van der Waals surface area contributed by atoms with E-state index in [1.54, 1.807) is 12.1 Å². The van der Waals surface area contributed by atoms with E-state index < -0.39 is 0 Å².